The van der Waals surface area contributed by atoms with Crippen molar-refractivity contribution in [1.29, 1.82) is 0 Å². The van der Waals surface area contributed by atoms with Crippen LogP contribution in [0.1, 0.15) is 13.3 Å². The Morgan fingerprint density at radius 3 is 2.30 bits per heavy atom. The van der Waals surface area contributed by atoms with E-state index in [1.165, 1.54) is 11.2 Å². The topological polar surface area (TPSA) is 90.9 Å². The van der Waals surface area contributed by atoms with E-state index in [1.54, 1.807) is 14.1 Å². The van der Waals surface area contributed by atoms with E-state index >= 15 is 0 Å². The van der Waals surface area contributed by atoms with Crippen LogP contribution in [-0.2, 0) is 14.6 Å². The highest BCUT2D eigenvalue weighted by Crippen LogP contribution is 1.87. The van der Waals surface area contributed by atoms with Crippen LogP contribution in [0, 0.1) is 0 Å². The maximum Gasteiger partial charge on any atom is 0.243 e. The van der Waals surface area contributed by atoms with Gasteiger partial charge in [-0.2, -0.15) is 0 Å². The summed E-state index contributed by atoms with van der Waals surface area (Å²) in [7, 11) is 0.410. The summed E-state index contributed by atoms with van der Waals surface area (Å²) < 4.78 is 21.9. The minimum atomic E-state index is -2.93. The molecule has 0 bridgehead atoms. The predicted molar refractivity (Wildman–Crippen MR) is 92.4 cm³/mol. The molecule has 2 N–H and O–H groups in total. The van der Waals surface area contributed by atoms with E-state index in [1.807, 2.05) is 6.92 Å². The summed E-state index contributed by atoms with van der Waals surface area (Å²) >= 11 is 0. The SMILES string of the molecule is CCNC(=NCC(=O)N(C)C)NCCCS(C)(=O)=O.I. The number of aliphatic imine (C=N–C) groups is 1. The Kier molecular flexibility index (Phi) is 12.1. The van der Waals surface area contributed by atoms with Gasteiger partial charge in [0, 0.05) is 33.4 Å². The van der Waals surface area contributed by atoms with E-state index in [0.29, 0.717) is 25.5 Å². The molecule has 0 saturated carbocycles. The number of guanidine groups is 1. The third kappa shape index (κ3) is 12.5. The van der Waals surface area contributed by atoms with Gasteiger partial charge in [0.25, 0.3) is 0 Å². The van der Waals surface area contributed by atoms with E-state index in [9.17, 15) is 13.2 Å². The minimum absolute atomic E-state index is 0. The van der Waals surface area contributed by atoms with Crippen LogP contribution >= 0.6 is 24.0 Å². The molecule has 0 fully saturated rings. The summed E-state index contributed by atoms with van der Waals surface area (Å²) in [5, 5.41) is 5.98. The lowest BCUT2D eigenvalue weighted by molar-refractivity contribution is -0.127. The van der Waals surface area contributed by atoms with E-state index in [-0.39, 0.29) is 42.2 Å². The number of sulfone groups is 1. The van der Waals surface area contributed by atoms with Crippen LogP contribution in [0.15, 0.2) is 4.99 Å². The highest BCUT2D eigenvalue weighted by molar-refractivity contribution is 14.0. The molecule has 0 spiro atoms. The van der Waals surface area contributed by atoms with Crippen LogP contribution in [0.5, 0.6) is 0 Å². The summed E-state index contributed by atoms with van der Waals surface area (Å²) in [5.41, 5.74) is 0. The van der Waals surface area contributed by atoms with Crippen LogP contribution in [0.25, 0.3) is 0 Å². The Morgan fingerprint density at radius 2 is 1.85 bits per heavy atom. The number of hydrogen-bond acceptors (Lipinski definition) is 4. The first-order valence-corrected chi connectivity index (χ1v) is 8.22. The fraction of sp³-hybridized carbons (Fsp3) is 0.818. The van der Waals surface area contributed by atoms with Crippen molar-refractivity contribution in [3.05, 3.63) is 0 Å². The highest BCUT2D eigenvalue weighted by Gasteiger charge is 2.05. The second-order valence-electron chi connectivity index (χ2n) is 4.39. The van der Waals surface area contributed by atoms with Gasteiger partial charge >= 0.3 is 0 Å². The first kappa shape index (κ1) is 21.7. The Labute approximate surface area is 138 Å². The molecule has 1 amide bonds. The van der Waals surface area contributed by atoms with E-state index in [2.05, 4.69) is 15.6 Å². The average Bonchev–Trinajstić information content (AvgIpc) is 2.29. The van der Waals surface area contributed by atoms with Crippen molar-refractivity contribution in [1.82, 2.24) is 15.5 Å². The first-order valence-electron chi connectivity index (χ1n) is 6.16. The van der Waals surface area contributed by atoms with Crippen LogP contribution in [0.4, 0.5) is 0 Å². The molecule has 0 radical (unpaired) electrons. The number of amides is 1. The van der Waals surface area contributed by atoms with Gasteiger partial charge in [-0.15, -0.1) is 24.0 Å². The number of nitrogens with zero attached hydrogens (tertiary/aromatic N) is 2. The molecule has 0 aliphatic carbocycles. The summed E-state index contributed by atoms with van der Waals surface area (Å²) in [6.07, 6.45) is 1.72. The lowest BCUT2D eigenvalue weighted by Gasteiger charge is -2.12. The Morgan fingerprint density at radius 1 is 1.25 bits per heavy atom. The zero-order valence-corrected chi connectivity index (χ0v) is 15.6. The van der Waals surface area contributed by atoms with Gasteiger partial charge < -0.3 is 15.5 Å². The predicted octanol–water partition coefficient (Wildman–Crippen LogP) is -0.318. The summed E-state index contributed by atoms with van der Waals surface area (Å²) in [6, 6.07) is 0. The fourth-order valence-electron chi connectivity index (χ4n) is 1.17. The number of carbonyl (C=O) groups is 1. The lowest BCUT2D eigenvalue weighted by atomic mass is 10.5. The van der Waals surface area contributed by atoms with Gasteiger partial charge in [-0.3, -0.25) is 4.79 Å². The largest absolute Gasteiger partial charge is 0.357 e. The summed E-state index contributed by atoms with van der Waals surface area (Å²) in [6.45, 7) is 3.15. The summed E-state index contributed by atoms with van der Waals surface area (Å²) in [5.74, 6) is 0.565. The van der Waals surface area contributed by atoms with Gasteiger partial charge in [0.15, 0.2) is 5.96 Å². The van der Waals surface area contributed by atoms with Gasteiger partial charge in [0.2, 0.25) is 5.91 Å². The zero-order valence-electron chi connectivity index (χ0n) is 12.5. The Hall–Kier alpha value is -0.580. The molecule has 20 heavy (non-hydrogen) atoms. The molecule has 0 aliphatic heterocycles. The van der Waals surface area contributed by atoms with Gasteiger partial charge in [-0.05, 0) is 13.3 Å². The Balaban J connectivity index is 0. The molecule has 0 aliphatic rings. The van der Waals surface area contributed by atoms with E-state index in [4.69, 9.17) is 0 Å². The van der Waals surface area contributed by atoms with Crippen molar-refractivity contribution in [2.24, 2.45) is 4.99 Å². The molecule has 7 nitrogen and oxygen atoms in total. The number of likely N-dealkylation sites (N-methyl/N-ethyl adjacent to an activating group) is 1. The monoisotopic (exact) mass is 420 g/mol. The zero-order chi connectivity index (χ0) is 14.9. The third-order valence-electron chi connectivity index (χ3n) is 2.20. The first-order chi connectivity index (χ1) is 8.76. The maximum absolute atomic E-state index is 11.4. The number of halogens is 1. The van der Waals surface area contributed by atoms with Crippen LogP contribution in [-0.4, -0.2) is 70.9 Å². The maximum atomic E-state index is 11.4. The van der Waals surface area contributed by atoms with Crippen molar-refractivity contribution >= 4 is 45.7 Å². The van der Waals surface area contributed by atoms with Crippen molar-refractivity contribution in [2.75, 3.05) is 45.7 Å². The van der Waals surface area contributed by atoms with Crippen LogP contribution in [0.2, 0.25) is 0 Å². The molecular formula is C11H25IN4O3S. The highest BCUT2D eigenvalue weighted by atomic mass is 127. The molecule has 0 rings (SSSR count). The lowest BCUT2D eigenvalue weighted by Crippen LogP contribution is -2.39. The second-order valence-corrected chi connectivity index (χ2v) is 6.65. The van der Waals surface area contributed by atoms with E-state index in [0.717, 1.165) is 0 Å². The van der Waals surface area contributed by atoms with Crippen molar-refractivity contribution in [2.45, 2.75) is 13.3 Å². The molecule has 0 heterocycles. The molecule has 0 atom stereocenters. The molecular weight excluding hydrogens is 395 g/mol. The smallest absolute Gasteiger partial charge is 0.243 e. The fourth-order valence-corrected chi connectivity index (χ4v) is 1.84. The standard InChI is InChI=1S/C11H24N4O3S.HI/c1-5-12-11(14-9-10(16)15(2)3)13-7-6-8-19(4,17)18;/h5-9H2,1-4H3,(H2,12,13,14);1H. The van der Waals surface area contributed by atoms with Crippen molar-refractivity contribution in [3.63, 3.8) is 0 Å². The van der Waals surface area contributed by atoms with Crippen LogP contribution < -0.4 is 10.6 Å². The minimum Gasteiger partial charge on any atom is -0.357 e. The van der Waals surface area contributed by atoms with Gasteiger partial charge in [-0.1, -0.05) is 0 Å². The second kappa shape index (κ2) is 11.1. The van der Waals surface area contributed by atoms with E-state index < -0.39 is 9.84 Å². The summed E-state index contributed by atoms with van der Waals surface area (Å²) in [4.78, 5) is 17.0. The average molecular weight is 420 g/mol. The van der Waals surface area contributed by atoms with Crippen molar-refractivity contribution < 1.29 is 13.2 Å². The van der Waals surface area contributed by atoms with Crippen molar-refractivity contribution in [3.8, 4) is 0 Å². The van der Waals surface area contributed by atoms with Gasteiger partial charge in [-0.25, -0.2) is 13.4 Å². The quantitative estimate of drug-likeness (QED) is 0.255. The molecule has 120 valence electrons. The number of carbonyl (C=O) groups excluding carboxylic acids is 1. The normalized spacial score (nSPS) is 11.5. The molecule has 0 aromatic carbocycles. The number of rotatable bonds is 7. The molecule has 0 aromatic rings. The number of nitrogens with one attached hydrogen (secondary N) is 2. The molecule has 0 unspecified atom stereocenters. The van der Waals surface area contributed by atoms with Crippen LogP contribution in [0.3, 0.4) is 0 Å². The molecule has 9 heteroatoms. The Bertz CT molecular complexity index is 410. The third-order valence-corrected chi connectivity index (χ3v) is 3.23. The van der Waals surface area contributed by atoms with Gasteiger partial charge in [0.1, 0.15) is 16.4 Å². The molecule has 0 saturated heterocycles. The number of hydrogen-bond donors (Lipinski definition) is 2. The van der Waals surface area contributed by atoms with Gasteiger partial charge in [0.05, 0.1) is 5.75 Å². The molecule has 0 aromatic heterocycles.